The second kappa shape index (κ2) is 9.90. The monoisotopic (exact) mass is 461 g/mol. The van der Waals surface area contributed by atoms with E-state index in [-0.39, 0.29) is 11.7 Å². The molecule has 1 amide bonds. The molecule has 4 rings (SSSR count). The fraction of sp³-hybridized carbons (Fsp3) is 0.0741. The van der Waals surface area contributed by atoms with Crippen LogP contribution in [0.5, 0.6) is 5.75 Å². The SMILES string of the molecule is O=C(N[C@@H](c1ccccc1)c1ccc(Cl)cc1)[C@H](c1ccccc1)c1cc(Cl)ccc1O. The maximum Gasteiger partial charge on any atom is 0.232 e. The molecule has 0 aliphatic heterocycles. The Morgan fingerprint density at radius 1 is 0.688 bits per heavy atom. The number of amides is 1. The first-order chi connectivity index (χ1) is 15.5. The van der Waals surface area contributed by atoms with Crippen LogP contribution in [-0.2, 0) is 4.79 Å². The second-order valence-corrected chi connectivity index (χ2v) is 8.32. The largest absolute Gasteiger partial charge is 0.508 e. The molecule has 32 heavy (non-hydrogen) atoms. The summed E-state index contributed by atoms with van der Waals surface area (Å²) in [7, 11) is 0. The van der Waals surface area contributed by atoms with Crippen molar-refractivity contribution in [3.8, 4) is 5.75 Å². The van der Waals surface area contributed by atoms with E-state index >= 15 is 0 Å². The number of phenols is 1. The molecule has 3 nitrogen and oxygen atoms in total. The van der Waals surface area contributed by atoms with Crippen LogP contribution in [0.25, 0.3) is 0 Å². The molecule has 0 aliphatic rings. The molecule has 0 heterocycles. The van der Waals surface area contributed by atoms with E-state index in [0.717, 1.165) is 16.7 Å². The van der Waals surface area contributed by atoms with Crippen LogP contribution in [0.1, 0.15) is 34.2 Å². The van der Waals surface area contributed by atoms with Crippen molar-refractivity contribution in [1.29, 1.82) is 0 Å². The third-order valence-electron chi connectivity index (χ3n) is 5.32. The molecule has 0 saturated carbocycles. The summed E-state index contributed by atoms with van der Waals surface area (Å²) >= 11 is 12.3. The zero-order valence-corrected chi connectivity index (χ0v) is 18.6. The van der Waals surface area contributed by atoms with E-state index < -0.39 is 12.0 Å². The number of rotatable bonds is 6. The van der Waals surface area contributed by atoms with Gasteiger partial charge >= 0.3 is 0 Å². The topological polar surface area (TPSA) is 49.3 Å². The van der Waals surface area contributed by atoms with Gasteiger partial charge in [-0.1, -0.05) is 96.0 Å². The standard InChI is InChI=1S/C27H21Cl2NO2/c28-21-13-11-20(12-14-21)26(19-9-5-2-6-10-19)30-27(32)25(18-7-3-1-4-8-18)23-17-22(29)15-16-24(23)31/h1-17,25-26,31H,(H,30,32)/t25-,26+/m1/s1. The Labute approximate surface area is 197 Å². The maximum atomic E-state index is 13.7. The zero-order valence-electron chi connectivity index (χ0n) is 17.1. The molecule has 0 aliphatic carbocycles. The van der Waals surface area contributed by atoms with E-state index in [0.29, 0.717) is 15.6 Å². The van der Waals surface area contributed by atoms with Crippen LogP contribution in [0.3, 0.4) is 0 Å². The Balaban J connectivity index is 1.76. The van der Waals surface area contributed by atoms with E-state index in [1.165, 1.54) is 6.07 Å². The second-order valence-electron chi connectivity index (χ2n) is 7.45. The van der Waals surface area contributed by atoms with Crippen molar-refractivity contribution in [2.75, 3.05) is 0 Å². The molecule has 0 unspecified atom stereocenters. The van der Waals surface area contributed by atoms with Gasteiger partial charge in [0.1, 0.15) is 5.75 Å². The van der Waals surface area contributed by atoms with Crippen LogP contribution < -0.4 is 5.32 Å². The minimum absolute atomic E-state index is 0.0150. The molecule has 2 atom stereocenters. The Morgan fingerprint density at radius 3 is 1.84 bits per heavy atom. The molecule has 0 spiro atoms. The van der Waals surface area contributed by atoms with E-state index in [1.807, 2.05) is 72.8 Å². The van der Waals surface area contributed by atoms with Gasteiger partial charge in [-0.05, 0) is 47.0 Å². The predicted molar refractivity (Wildman–Crippen MR) is 129 cm³/mol. The highest BCUT2D eigenvalue weighted by molar-refractivity contribution is 6.31. The van der Waals surface area contributed by atoms with Gasteiger partial charge in [0.2, 0.25) is 5.91 Å². The van der Waals surface area contributed by atoms with Crippen molar-refractivity contribution in [1.82, 2.24) is 5.32 Å². The first kappa shape index (κ1) is 21.9. The Morgan fingerprint density at radius 2 is 1.22 bits per heavy atom. The number of hydrogen-bond donors (Lipinski definition) is 2. The summed E-state index contributed by atoms with van der Waals surface area (Å²) in [5.74, 6) is -0.980. The number of nitrogens with one attached hydrogen (secondary N) is 1. The number of hydrogen-bond acceptors (Lipinski definition) is 2. The molecule has 4 aromatic rings. The molecule has 0 radical (unpaired) electrons. The van der Waals surface area contributed by atoms with Crippen molar-refractivity contribution >= 4 is 29.1 Å². The minimum Gasteiger partial charge on any atom is -0.508 e. The van der Waals surface area contributed by atoms with Gasteiger partial charge < -0.3 is 10.4 Å². The summed E-state index contributed by atoms with van der Waals surface area (Å²) in [4.78, 5) is 13.7. The smallest absolute Gasteiger partial charge is 0.232 e. The van der Waals surface area contributed by atoms with E-state index in [2.05, 4.69) is 5.32 Å². The molecule has 4 aromatic carbocycles. The lowest BCUT2D eigenvalue weighted by Gasteiger charge is -2.25. The van der Waals surface area contributed by atoms with Crippen LogP contribution in [0.2, 0.25) is 10.0 Å². The molecule has 5 heteroatoms. The Kier molecular flexibility index (Phi) is 6.79. The quantitative estimate of drug-likeness (QED) is 0.334. The van der Waals surface area contributed by atoms with Gasteiger partial charge in [-0.25, -0.2) is 0 Å². The van der Waals surface area contributed by atoms with Gasteiger partial charge in [-0.15, -0.1) is 0 Å². The van der Waals surface area contributed by atoms with Crippen LogP contribution in [0.4, 0.5) is 0 Å². The molecular formula is C27H21Cl2NO2. The van der Waals surface area contributed by atoms with E-state index in [1.54, 1.807) is 24.3 Å². The third kappa shape index (κ3) is 4.96. The van der Waals surface area contributed by atoms with Crippen molar-refractivity contribution in [2.45, 2.75) is 12.0 Å². The lowest BCUT2D eigenvalue weighted by atomic mass is 9.88. The van der Waals surface area contributed by atoms with Crippen molar-refractivity contribution in [3.05, 3.63) is 135 Å². The van der Waals surface area contributed by atoms with Crippen molar-refractivity contribution < 1.29 is 9.90 Å². The third-order valence-corrected chi connectivity index (χ3v) is 5.81. The van der Waals surface area contributed by atoms with Gasteiger partial charge in [0.25, 0.3) is 0 Å². The summed E-state index contributed by atoms with van der Waals surface area (Å²) < 4.78 is 0. The summed E-state index contributed by atoms with van der Waals surface area (Å²) in [6.45, 7) is 0. The fourth-order valence-corrected chi connectivity index (χ4v) is 4.07. The lowest BCUT2D eigenvalue weighted by Crippen LogP contribution is -2.34. The van der Waals surface area contributed by atoms with E-state index in [9.17, 15) is 9.90 Å². The summed E-state index contributed by atoms with van der Waals surface area (Å²) in [6, 6.07) is 30.8. The fourth-order valence-electron chi connectivity index (χ4n) is 3.76. The van der Waals surface area contributed by atoms with Crippen LogP contribution in [-0.4, -0.2) is 11.0 Å². The number of benzene rings is 4. The molecular weight excluding hydrogens is 441 g/mol. The number of carbonyl (C=O) groups excluding carboxylic acids is 1. The minimum atomic E-state index is -0.742. The highest BCUT2D eigenvalue weighted by Crippen LogP contribution is 2.35. The average Bonchev–Trinajstić information content (AvgIpc) is 2.82. The maximum absolute atomic E-state index is 13.7. The van der Waals surface area contributed by atoms with Crippen LogP contribution >= 0.6 is 23.2 Å². The summed E-state index contributed by atoms with van der Waals surface area (Å²) in [6.07, 6.45) is 0. The molecule has 0 aromatic heterocycles. The normalized spacial score (nSPS) is 12.7. The molecule has 2 N–H and O–H groups in total. The van der Waals surface area contributed by atoms with Crippen molar-refractivity contribution in [3.63, 3.8) is 0 Å². The summed E-state index contributed by atoms with van der Waals surface area (Å²) in [5.41, 5.74) is 3.04. The summed E-state index contributed by atoms with van der Waals surface area (Å²) in [5, 5.41) is 14.8. The van der Waals surface area contributed by atoms with Crippen LogP contribution in [0.15, 0.2) is 103 Å². The van der Waals surface area contributed by atoms with Crippen LogP contribution in [0, 0.1) is 0 Å². The first-order valence-electron chi connectivity index (χ1n) is 10.2. The number of aromatic hydroxyl groups is 1. The van der Waals surface area contributed by atoms with Crippen molar-refractivity contribution in [2.24, 2.45) is 0 Å². The molecule has 0 bridgehead atoms. The van der Waals surface area contributed by atoms with Gasteiger partial charge in [0.15, 0.2) is 0 Å². The average molecular weight is 462 g/mol. The number of carbonyl (C=O) groups is 1. The predicted octanol–water partition coefficient (Wildman–Crippen LogP) is 6.74. The van der Waals surface area contributed by atoms with Gasteiger partial charge in [0, 0.05) is 15.6 Å². The Hall–Kier alpha value is -3.27. The Bertz CT molecular complexity index is 1200. The van der Waals surface area contributed by atoms with Gasteiger partial charge in [-0.2, -0.15) is 0 Å². The highest BCUT2D eigenvalue weighted by Gasteiger charge is 2.28. The number of phenolic OH excluding ortho intramolecular Hbond substituents is 1. The van der Waals surface area contributed by atoms with E-state index in [4.69, 9.17) is 23.2 Å². The van der Waals surface area contributed by atoms with Gasteiger partial charge in [0.05, 0.1) is 12.0 Å². The first-order valence-corrected chi connectivity index (χ1v) is 10.9. The lowest BCUT2D eigenvalue weighted by molar-refractivity contribution is -0.122. The van der Waals surface area contributed by atoms with Gasteiger partial charge in [-0.3, -0.25) is 4.79 Å². The number of halogens is 2. The zero-order chi connectivity index (χ0) is 22.5. The highest BCUT2D eigenvalue weighted by atomic mass is 35.5. The molecule has 160 valence electrons. The molecule has 0 fully saturated rings. The molecule has 0 saturated heterocycles.